The van der Waals surface area contributed by atoms with Crippen LogP contribution in [0.2, 0.25) is 0 Å². The Balaban J connectivity index is 1.21. The van der Waals surface area contributed by atoms with Crippen LogP contribution < -0.4 is 0 Å². The third kappa shape index (κ3) is 4.05. The molecule has 3 heteroatoms. The molecule has 0 bridgehead atoms. The maximum atomic E-state index is 9.58. The van der Waals surface area contributed by atoms with Gasteiger partial charge >= 0.3 is 0 Å². The van der Waals surface area contributed by atoms with E-state index in [0.717, 1.165) is 92.8 Å². The van der Waals surface area contributed by atoms with Crippen molar-refractivity contribution in [3.05, 3.63) is 182 Å². The number of nitrogens with zero attached hydrogens (tertiary/aromatic N) is 2. The van der Waals surface area contributed by atoms with Gasteiger partial charge in [-0.1, -0.05) is 121 Å². The van der Waals surface area contributed by atoms with E-state index in [1.807, 2.05) is 89.5 Å². The first kappa shape index (κ1) is 25.0. The Labute approximate surface area is 309 Å². The fourth-order valence-corrected chi connectivity index (χ4v) is 8.62. The second-order valence-electron chi connectivity index (χ2n) is 13.8. The van der Waals surface area contributed by atoms with Crippen molar-refractivity contribution in [1.29, 1.82) is 0 Å². The minimum atomic E-state index is -0.0921. The molecule has 246 valence electrons. The van der Waals surface area contributed by atoms with Crippen LogP contribution >= 0.6 is 0 Å². The highest BCUT2D eigenvalue weighted by Gasteiger charge is 2.20. The van der Waals surface area contributed by atoms with Crippen LogP contribution in [0.1, 0.15) is 5.48 Å². The highest BCUT2D eigenvalue weighted by molar-refractivity contribution is 6.25. The molecule has 0 aliphatic rings. The van der Waals surface area contributed by atoms with E-state index in [0.29, 0.717) is 11.1 Å². The summed E-state index contributed by atoms with van der Waals surface area (Å²) in [6, 6.07) is 53.1. The smallest absolute Gasteiger partial charge is 0.135 e. The summed E-state index contributed by atoms with van der Waals surface area (Å²) in [5.41, 5.74) is 7.48. The van der Waals surface area contributed by atoms with Gasteiger partial charge in [0.2, 0.25) is 0 Å². The molecule has 0 aliphatic carbocycles. The number of hydrogen-bond donors (Lipinski definition) is 0. The Bertz CT molecular complexity index is 3670. The van der Waals surface area contributed by atoms with Crippen molar-refractivity contribution >= 4 is 87.1 Å². The van der Waals surface area contributed by atoms with E-state index in [2.05, 4.69) is 77.4 Å². The third-order valence-electron chi connectivity index (χ3n) is 11.0. The Hall–Kier alpha value is -7.10. The minimum Gasteiger partial charge on any atom is -0.456 e. The molecular formula is C50H30N2O. The Morgan fingerprint density at radius 3 is 1.91 bits per heavy atom. The summed E-state index contributed by atoms with van der Waals surface area (Å²) in [7, 11) is 0. The molecule has 0 saturated heterocycles. The molecule has 0 fully saturated rings. The normalized spacial score (nSPS) is 13.2. The highest BCUT2D eigenvalue weighted by Crippen LogP contribution is 2.43. The summed E-state index contributed by atoms with van der Waals surface area (Å²) in [6.45, 7) is 0. The van der Waals surface area contributed by atoms with Crippen molar-refractivity contribution in [2.45, 2.75) is 0 Å². The number of rotatable bonds is 3. The van der Waals surface area contributed by atoms with E-state index in [-0.39, 0.29) is 29.9 Å². The highest BCUT2D eigenvalue weighted by atomic mass is 16.3. The van der Waals surface area contributed by atoms with Crippen molar-refractivity contribution in [3.63, 3.8) is 0 Å². The topological polar surface area (TPSA) is 23.0 Å². The Morgan fingerprint density at radius 2 is 1.04 bits per heavy atom. The summed E-state index contributed by atoms with van der Waals surface area (Å²) in [6.07, 6.45) is 0. The zero-order chi connectivity index (χ0) is 38.1. The molecule has 3 aromatic heterocycles. The molecule has 0 N–H and O–H groups in total. The molecule has 9 aromatic carbocycles. The van der Waals surface area contributed by atoms with Crippen LogP contribution in [0, 0.1) is 0 Å². The van der Waals surface area contributed by atoms with Gasteiger partial charge in [-0.15, -0.1) is 0 Å². The van der Waals surface area contributed by atoms with Gasteiger partial charge in [-0.05, 0) is 93.3 Å². The van der Waals surface area contributed by atoms with Crippen molar-refractivity contribution in [1.82, 2.24) is 9.13 Å². The zero-order valence-corrected chi connectivity index (χ0v) is 28.3. The van der Waals surface area contributed by atoms with Crippen LogP contribution in [0.4, 0.5) is 0 Å². The molecule has 12 aromatic rings. The summed E-state index contributed by atoms with van der Waals surface area (Å²) < 4.78 is 48.5. The second kappa shape index (κ2) is 10.7. The molecule has 0 amide bonds. The molecule has 0 unspecified atom stereocenters. The minimum absolute atomic E-state index is 0.0735. The molecule has 0 radical (unpaired) electrons. The predicted octanol–water partition coefficient (Wildman–Crippen LogP) is 13.8. The first-order valence-electron chi connectivity index (χ1n) is 19.9. The van der Waals surface area contributed by atoms with Crippen LogP contribution in [-0.4, -0.2) is 9.13 Å². The Morgan fingerprint density at radius 1 is 0.377 bits per heavy atom. The van der Waals surface area contributed by atoms with E-state index < -0.39 is 0 Å². The quantitative estimate of drug-likeness (QED) is 0.182. The standard InChI is InChI=1S/C50H30N2O/c1-3-13-36-31(10-1)12-9-17-37(36)33-20-23-34(24-21-33)51-44-18-7-5-15-39(44)41-29-43-47(30-46(41)51)52(45-26-22-32-11-2-4-14-38(32)50(43)45)35-25-27-49-42(28-35)40-16-6-8-19-48(40)53-49/h1-30H/i20D,21D,23D,24D. The summed E-state index contributed by atoms with van der Waals surface area (Å²) >= 11 is 0. The van der Waals surface area contributed by atoms with Crippen LogP contribution in [0.15, 0.2) is 186 Å². The van der Waals surface area contributed by atoms with Gasteiger partial charge in [0, 0.05) is 43.7 Å². The second-order valence-corrected chi connectivity index (χ2v) is 13.8. The maximum absolute atomic E-state index is 9.58. The van der Waals surface area contributed by atoms with E-state index in [1.165, 1.54) is 0 Å². The van der Waals surface area contributed by atoms with Crippen LogP contribution in [-0.2, 0) is 0 Å². The summed E-state index contributed by atoms with van der Waals surface area (Å²) in [5, 5.41) is 10.4. The van der Waals surface area contributed by atoms with Gasteiger partial charge in [-0.2, -0.15) is 0 Å². The van der Waals surface area contributed by atoms with Crippen LogP contribution in [0.3, 0.4) is 0 Å². The largest absolute Gasteiger partial charge is 0.456 e. The third-order valence-corrected chi connectivity index (χ3v) is 11.0. The van der Waals surface area contributed by atoms with Gasteiger partial charge < -0.3 is 13.6 Å². The van der Waals surface area contributed by atoms with Gasteiger partial charge in [0.15, 0.2) is 0 Å². The lowest BCUT2D eigenvalue weighted by Crippen LogP contribution is -1.96. The van der Waals surface area contributed by atoms with Crippen molar-refractivity contribution < 1.29 is 9.90 Å². The zero-order valence-electron chi connectivity index (χ0n) is 32.3. The molecule has 12 rings (SSSR count). The van der Waals surface area contributed by atoms with E-state index >= 15 is 0 Å². The Kier molecular flexibility index (Phi) is 5.04. The van der Waals surface area contributed by atoms with E-state index in [9.17, 15) is 5.48 Å². The fraction of sp³-hybridized carbons (Fsp3) is 0. The number of aromatic nitrogens is 2. The number of benzene rings is 9. The molecule has 0 atom stereocenters. The molecule has 0 saturated carbocycles. The number of hydrogen-bond acceptors (Lipinski definition) is 1. The average Bonchev–Trinajstić information content (AvgIpc) is 3.89. The molecule has 53 heavy (non-hydrogen) atoms. The van der Waals surface area contributed by atoms with Gasteiger partial charge in [-0.25, -0.2) is 0 Å². The maximum Gasteiger partial charge on any atom is 0.135 e. The van der Waals surface area contributed by atoms with E-state index in [1.54, 1.807) is 0 Å². The average molecular weight is 679 g/mol. The molecule has 3 heterocycles. The summed E-state index contributed by atoms with van der Waals surface area (Å²) in [5.74, 6) is 0. The van der Waals surface area contributed by atoms with Gasteiger partial charge in [0.1, 0.15) is 11.2 Å². The lowest BCUT2D eigenvalue weighted by Gasteiger charge is -2.12. The number of fused-ring (bicyclic) bond motifs is 12. The number of furan rings is 1. The molecule has 0 spiro atoms. The fourth-order valence-electron chi connectivity index (χ4n) is 8.62. The van der Waals surface area contributed by atoms with Crippen molar-refractivity contribution in [2.24, 2.45) is 0 Å². The molecule has 0 aliphatic heterocycles. The molecule has 3 nitrogen and oxygen atoms in total. The summed E-state index contributed by atoms with van der Waals surface area (Å²) in [4.78, 5) is 0. The monoisotopic (exact) mass is 678 g/mol. The SMILES string of the molecule is [2H]c1c([2H])c(-n2c3ccccc3c3cc4c5c6ccccc6ccc5n(-c5ccc6oc7ccccc7c6c5)c4cc32)c([2H])c([2H])c1-c1cccc2ccccc12. The van der Waals surface area contributed by atoms with E-state index in [4.69, 9.17) is 4.42 Å². The lowest BCUT2D eigenvalue weighted by atomic mass is 9.98. The van der Waals surface area contributed by atoms with Crippen LogP contribution in [0.25, 0.3) is 110 Å². The first-order valence-corrected chi connectivity index (χ1v) is 17.9. The van der Waals surface area contributed by atoms with Gasteiger partial charge in [0.05, 0.1) is 27.5 Å². The lowest BCUT2D eigenvalue weighted by molar-refractivity contribution is 0.669. The number of para-hydroxylation sites is 2. The van der Waals surface area contributed by atoms with Crippen molar-refractivity contribution in [2.75, 3.05) is 0 Å². The van der Waals surface area contributed by atoms with Gasteiger partial charge in [0.25, 0.3) is 0 Å². The molecular weight excluding hydrogens is 645 g/mol. The predicted molar refractivity (Wildman–Crippen MR) is 223 cm³/mol. The van der Waals surface area contributed by atoms with Crippen molar-refractivity contribution in [3.8, 4) is 22.5 Å². The van der Waals surface area contributed by atoms with Crippen LogP contribution in [0.5, 0.6) is 0 Å². The first-order chi connectivity index (χ1) is 28.0. The van der Waals surface area contributed by atoms with Gasteiger partial charge in [-0.3, -0.25) is 0 Å².